The van der Waals surface area contributed by atoms with Crippen molar-refractivity contribution in [3.8, 4) is 6.07 Å². The van der Waals surface area contributed by atoms with Gasteiger partial charge in [0.05, 0.1) is 5.69 Å². The normalized spacial score (nSPS) is 10.6. The molecule has 1 heterocycles. The molecule has 0 amide bonds. The summed E-state index contributed by atoms with van der Waals surface area (Å²) in [4.78, 5) is 5.32. The maximum absolute atomic E-state index is 8.95. The Bertz CT molecular complexity index is 350. The van der Waals surface area contributed by atoms with Crippen molar-refractivity contribution in [1.82, 2.24) is 4.98 Å². The fraction of sp³-hybridized carbons (Fsp3) is 0.636. The number of nitrogens with zero attached hydrogens (tertiary/aromatic N) is 2. The van der Waals surface area contributed by atoms with Crippen LogP contribution in [-0.2, 0) is 12.2 Å². The molecule has 0 atom stereocenters. The minimum absolute atomic E-state index is 0.620. The third kappa shape index (κ3) is 3.84. The second-order valence-corrected chi connectivity index (χ2v) is 6.25. The summed E-state index contributed by atoms with van der Waals surface area (Å²) >= 11 is 3.42. The van der Waals surface area contributed by atoms with Gasteiger partial charge in [-0.25, -0.2) is 4.98 Å². The monoisotopic (exact) mass is 240 g/mol. The van der Waals surface area contributed by atoms with E-state index < -0.39 is 0 Å². The quantitative estimate of drug-likeness (QED) is 0.789. The molecule has 0 aliphatic carbocycles. The molecule has 82 valence electrons. The summed E-state index contributed by atoms with van der Waals surface area (Å²) in [6.45, 7) is 6.47. The summed E-state index contributed by atoms with van der Waals surface area (Å²) in [5.41, 5.74) is 0.990. The number of nitriles is 1. The smallest absolute Gasteiger partial charge is 0.128 e. The average Bonchev–Trinajstić information content (AvgIpc) is 2.58. The number of rotatable bonds is 5. The molecule has 1 rings (SSSR count). The first kappa shape index (κ1) is 12.5. The van der Waals surface area contributed by atoms with E-state index in [-0.39, 0.29) is 0 Å². The van der Waals surface area contributed by atoms with Crippen LogP contribution in [0.3, 0.4) is 0 Å². The van der Waals surface area contributed by atoms with Gasteiger partial charge in [0.15, 0.2) is 0 Å². The van der Waals surface area contributed by atoms with Gasteiger partial charge in [0, 0.05) is 5.75 Å². The fourth-order valence-electron chi connectivity index (χ4n) is 1.19. The van der Waals surface area contributed by atoms with Crippen LogP contribution in [0.15, 0.2) is 0 Å². The third-order valence-corrected chi connectivity index (χ3v) is 4.16. The molecular weight excluding hydrogens is 224 g/mol. The summed E-state index contributed by atoms with van der Waals surface area (Å²) in [7, 11) is 0. The highest BCUT2D eigenvalue weighted by Gasteiger charge is 2.10. The molecule has 0 N–H and O–H groups in total. The summed E-state index contributed by atoms with van der Waals surface area (Å²) in [5.74, 6) is 0.931. The van der Waals surface area contributed by atoms with Crippen LogP contribution in [-0.4, -0.2) is 10.2 Å². The highest BCUT2D eigenvalue weighted by atomic mass is 32.2. The van der Waals surface area contributed by atoms with Gasteiger partial charge in [-0.2, -0.15) is 17.0 Å². The van der Waals surface area contributed by atoms with Gasteiger partial charge < -0.3 is 0 Å². The van der Waals surface area contributed by atoms with Crippen LogP contribution < -0.4 is 0 Å². The number of thioether (sulfide) groups is 1. The molecule has 0 bridgehead atoms. The molecular formula is C11H16N2S2. The number of thiazole rings is 1. The molecule has 4 heteroatoms. The Kier molecular flexibility index (Phi) is 5.13. The Morgan fingerprint density at radius 3 is 2.80 bits per heavy atom. The van der Waals surface area contributed by atoms with Crippen molar-refractivity contribution < 1.29 is 0 Å². The van der Waals surface area contributed by atoms with Gasteiger partial charge in [0.2, 0.25) is 0 Å². The first-order chi connectivity index (χ1) is 7.17. The van der Waals surface area contributed by atoms with E-state index in [4.69, 9.17) is 5.26 Å². The molecule has 0 fully saturated rings. The van der Waals surface area contributed by atoms with Gasteiger partial charge in [-0.3, -0.25) is 0 Å². The van der Waals surface area contributed by atoms with Gasteiger partial charge in [-0.05, 0) is 11.7 Å². The maximum Gasteiger partial charge on any atom is 0.128 e. The highest BCUT2D eigenvalue weighted by Crippen LogP contribution is 2.24. The lowest BCUT2D eigenvalue weighted by Gasteiger charge is -2.00. The van der Waals surface area contributed by atoms with Crippen LogP contribution in [0.1, 0.15) is 42.8 Å². The van der Waals surface area contributed by atoms with Crippen LogP contribution in [0, 0.1) is 11.3 Å². The molecule has 15 heavy (non-hydrogen) atoms. The Morgan fingerprint density at radius 2 is 2.27 bits per heavy atom. The van der Waals surface area contributed by atoms with Crippen molar-refractivity contribution in [2.24, 2.45) is 0 Å². The van der Waals surface area contributed by atoms with Gasteiger partial charge in [-0.1, -0.05) is 27.2 Å². The topological polar surface area (TPSA) is 36.7 Å². The molecule has 0 spiro atoms. The summed E-state index contributed by atoms with van der Waals surface area (Å²) in [5, 5.41) is 10.7. The molecule has 1 aromatic rings. The maximum atomic E-state index is 8.95. The zero-order chi connectivity index (χ0) is 11.3. The van der Waals surface area contributed by atoms with Crippen LogP contribution in [0.5, 0.6) is 0 Å². The first-order valence-corrected chi connectivity index (χ1v) is 7.04. The van der Waals surface area contributed by atoms with E-state index in [0.717, 1.165) is 34.2 Å². The molecule has 0 saturated carbocycles. The Hall–Kier alpha value is -0.530. The largest absolute Gasteiger partial charge is 0.244 e. The second kappa shape index (κ2) is 6.14. The predicted octanol–water partition coefficient (Wildman–Crippen LogP) is 3.61. The molecule has 0 radical (unpaired) electrons. The van der Waals surface area contributed by atoms with Crippen molar-refractivity contribution in [3.63, 3.8) is 0 Å². The minimum Gasteiger partial charge on any atom is -0.244 e. The molecule has 0 aliphatic rings. The van der Waals surface area contributed by atoms with Crippen LogP contribution in [0.2, 0.25) is 0 Å². The molecule has 0 aliphatic heterocycles. The van der Waals surface area contributed by atoms with Gasteiger partial charge in [0.1, 0.15) is 16.0 Å². The minimum atomic E-state index is 0.620. The van der Waals surface area contributed by atoms with Crippen molar-refractivity contribution in [1.29, 1.82) is 5.26 Å². The summed E-state index contributed by atoms with van der Waals surface area (Å²) in [6, 6.07) is 2.24. The third-order valence-electron chi connectivity index (χ3n) is 1.87. The first-order valence-electron chi connectivity index (χ1n) is 5.17. The standard InChI is InChI=1S/C11H16N2S2/c1-4-5-9-10(6-12)15-11(13-9)7-14-8(2)3/h8H,4-5,7H2,1-3H3. The summed E-state index contributed by atoms with van der Waals surface area (Å²) < 4.78 is 0. The Balaban J connectivity index is 2.70. The number of hydrogen-bond donors (Lipinski definition) is 0. The van der Waals surface area contributed by atoms with E-state index in [2.05, 4.69) is 31.8 Å². The number of aryl methyl sites for hydroxylation is 1. The predicted molar refractivity (Wildman–Crippen MR) is 67.3 cm³/mol. The van der Waals surface area contributed by atoms with Crippen LogP contribution in [0.4, 0.5) is 0 Å². The van der Waals surface area contributed by atoms with Crippen molar-refractivity contribution in [3.05, 3.63) is 15.6 Å². The van der Waals surface area contributed by atoms with E-state index in [1.807, 2.05) is 11.8 Å². The molecule has 2 nitrogen and oxygen atoms in total. The van der Waals surface area contributed by atoms with Gasteiger partial charge in [-0.15, -0.1) is 11.3 Å². The van der Waals surface area contributed by atoms with E-state index in [1.54, 1.807) is 11.3 Å². The second-order valence-electron chi connectivity index (χ2n) is 3.60. The zero-order valence-electron chi connectivity index (χ0n) is 9.41. The lowest BCUT2D eigenvalue weighted by molar-refractivity contribution is 0.884. The van der Waals surface area contributed by atoms with Crippen molar-refractivity contribution in [2.75, 3.05) is 0 Å². The Labute approximate surface area is 99.7 Å². The molecule has 0 saturated heterocycles. The lowest BCUT2D eigenvalue weighted by Crippen LogP contribution is -1.90. The van der Waals surface area contributed by atoms with E-state index >= 15 is 0 Å². The van der Waals surface area contributed by atoms with E-state index in [9.17, 15) is 0 Å². The van der Waals surface area contributed by atoms with Gasteiger partial charge >= 0.3 is 0 Å². The van der Waals surface area contributed by atoms with Crippen molar-refractivity contribution in [2.45, 2.75) is 44.6 Å². The summed E-state index contributed by atoms with van der Waals surface area (Å²) in [6.07, 6.45) is 1.97. The number of hydrogen-bond acceptors (Lipinski definition) is 4. The van der Waals surface area contributed by atoms with Crippen molar-refractivity contribution >= 4 is 23.1 Å². The van der Waals surface area contributed by atoms with Crippen LogP contribution >= 0.6 is 23.1 Å². The van der Waals surface area contributed by atoms with E-state index in [0.29, 0.717) is 5.25 Å². The number of aromatic nitrogens is 1. The SMILES string of the molecule is CCCc1nc(CSC(C)C)sc1C#N. The molecule has 0 aromatic carbocycles. The molecule has 0 unspecified atom stereocenters. The molecule has 1 aromatic heterocycles. The average molecular weight is 240 g/mol. The zero-order valence-corrected chi connectivity index (χ0v) is 11.0. The van der Waals surface area contributed by atoms with Crippen LogP contribution in [0.25, 0.3) is 0 Å². The van der Waals surface area contributed by atoms with Gasteiger partial charge in [0.25, 0.3) is 0 Å². The lowest BCUT2D eigenvalue weighted by atomic mass is 10.2. The van der Waals surface area contributed by atoms with E-state index in [1.165, 1.54) is 0 Å². The Morgan fingerprint density at radius 1 is 1.53 bits per heavy atom. The fourth-order valence-corrected chi connectivity index (χ4v) is 2.88. The highest BCUT2D eigenvalue weighted by molar-refractivity contribution is 7.99.